The molecule has 1 aromatic heterocycles. The highest BCUT2D eigenvalue weighted by molar-refractivity contribution is 5.48. The van der Waals surface area contributed by atoms with Crippen LogP contribution in [0.15, 0.2) is 30.5 Å². The minimum atomic E-state index is 0.567. The Bertz CT molecular complexity index is 508. The van der Waals surface area contributed by atoms with Crippen molar-refractivity contribution in [3.63, 3.8) is 0 Å². The van der Waals surface area contributed by atoms with E-state index in [0.717, 1.165) is 17.1 Å². The van der Waals surface area contributed by atoms with Gasteiger partial charge in [-0.3, -0.25) is 4.68 Å². The molecule has 1 aromatic carbocycles. The van der Waals surface area contributed by atoms with Crippen molar-refractivity contribution in [2.45, 2.75) is 13.1 Å². The Morgan fingerprint density at radius 1 is 1.32 bits per heavy atom. The first-order chi connectivity index (χ1) is 9.22. The van der Waals surface area contributed by atoms with Crippen LogP contribution in [-0.4, -0.2) is 35.7 Å². The lowest BCUT2D eigenvalue weighted by Crippen LogP contribution is -2.16. The van der Waals surface area contributed by atoms with E-state index in [4.69, 9.17) is 10.5 Å². The van der Waals surface area contributed by atoms with Crippen molar-refractivity contribution in [3.05, 3.63) is 36.2 Å². The van der Waals surface area contributed by atoms with Crippen molar-refractivity contribution in [3.8, 4) is 5.75 Å². The van der Waals surface area contributed by atoms with Gasteiger partial charge in [-0.05, 0) is 24.3 Å². The van der Waals surface area contributed by atoms with Gasteiger partial charge in [0.1, 0.15) is 11.4 Å². The van der Waals surface area contributed by atoms with Crippen LogP contribution in [0.4, 0.5) is 5.69 Å². The summed E-state index contributed by atoms with van der Waals surface area (Å²) in [5.41, 5.74) is 7.51. The van der Waals surface area contributed by atoms with Crippen LogP contribution in [0, 0.1) is 0 Å². The molecule has 6 heteroatoms. The second-order valence-electron chi connectivity index (χ2n) is 4.32. The molecular weight excluding hydrogens is 242 g/mol. The van der Waals surface area contributed by atoms with E-state index in [1.165, 1.54) is 0 Å². The van der Waals surface area contributed by atoms with E-state index in [9.17, 15) is 0 Å². The summed E-state index contributed by atoms with van der Waals surface area (Å²) in [6.45, 7) is 1.97. The van der Waals surface area contributed by atoms with Crippen molar-refractivity contribution in [1.29, 1.82) is 0 Å². The van der Waals surface area contributed by atoms with Gasteiger partial charge in [-0.1, -0.05) is 5.21 Å². The number of anilines is 1. The molecule has 102 valence electrons. The summed E-state index contributed by atoms with van der Waals surface area (Å²) in [5, 5.41) is 8.15. The Labute approximate surface area is 112 Å². The predicted molar refractivity (Wildman–Crippen MR) is 74.2 cm³/mol. The van der Waals surface area contributed by atoms with Crippen LogP contribution in [0.1, 0.15) is 5.69 Å². The van der Waals surface area contributed by atoms with Crippen molar-refractivity contribution >= 4 is 5.69 Å². The zero-order valence-electron chi connectivity index (χ0n) is 11.3. The maximum atomic E-state index is 5.48. The number of hydrogen-bond acceptors (Lipinski definition) is 5. The highest BCUT2D eigenvalue weighted by Gasteiger charge is 2.06. The maximum Gasteiger partial charge on any atom is 0.119 e. The van der Waals surface area contributed by atoms with E-state index in [1.807, 2.05) is 37.5 Å². The Balaban J connectivity index is 2.00. The number of aromatic nitrogens is 3. The molecule has 0 aliphatic carbocycles. The number of methoxy groups -OCH3 is 1. The third-order valence-electron chi connectivity index (χ3n) is 2.86. The lowest BCUT2D eigenvalue weighted by Gasteiger charge is -2.17. The summed E-state index contributed by atoms with van der Waals surface area (Å²) in [4.78, 5) is 2.11. The minimum absolute atomic E-state index is 0.567. The van der Waals surface area contributed by atoms with Crippen LogP contribution in [0.5, 0.6) is 5.75 Å². The second-order valence-corrected chi connectivity index (χ2v) is 4.32. The van der Waals surface area contributed by atoms with E-state index in [1.54, 1.807) is 11.8 Å². The van der Waals surface area contributed by atoms with Crippen molar-refractivity contribution in [2.75, 3.05) is 25.6 Å². The fourth-order valence-electron chi connectivity index (χ4n) is 1.82. The summed E-state index contributed by atoms with van der Waals surface area (Å²) in [6, 6.07) is 7.92. The lowest BCUT2D eigenvalue weighted by atomic mass is 10.2. The van der Waals surface area contributed by atoms with Crippen molar-refractivity contribution < 1.29 is 4.74 Å². The Morgan fingerprint density at radius 3 is 2.68 bits per heavy atom. The lowest BCUT2D eigenvalue weighted by molar-refractivity contribution is 0.415. The monoisotopic (exact) mass is 261 g/mol. The molecule has 0 unspecified atom stereocenters. The second kappa shape index (κ2) is 6.19. The molecule has 0 saturated carbocycles. The zero-order valence-corrected chi connectivity index (χ0v) is 11.3. The van der Waals surface area contributed by atoms with Gasteiger partial charge in [0.05, 0.1) is 26.4 Å². The smallest absolute Gasteiger partial charge is 0.119 e. The van der Waals surface area contributed by atoms with Gasteiger partial charge >= 0.3 is 0 Å². The van der Waals surface area contributed by atoms with Crippen LogP contribution in [0.3, 0.4) is 0 Å². The Morgan fingerprint density at radius 2 is 2.05 bits per heavy atom. The van der Waals surface area contributed by atoms with Gasteiger partial charge in [-0.15, -0.1) is 5.10 Å². The molecule has 2 rings (SSSR count). The molecule has 1 heterocycles. The molecule has 0 amide bonds. The molecule has 0 spiro atoms. The van der Waals surface area contributed by atoms with Gasteiger partial charge in [0, 0.05) is 19.3 Å². The number of nitrogens with two attached hydrogens (primary N) is 1. The number of benzene rings is 1. The minimum Gasteiger partial charge on any atom is -0.497 e. The first-order valence-electron chi connectivity index (χ1n) is 6.17. The molecule has 0 radical (unpaired) electrons. The third kappa shape index (κ3) is 3.45. The van der Waals surface area contributed by atoms with Crippen LogP contribution < -0.4 is 15.4 Å². The molecule has 6 nitrogen and oxygen atoms in total. The van der Waals surface area contributed by atoms with Crippen LogP contribution in [0.25, 0.3) is 0 Å². The van der Waals surface area contributed by atoms with Gasteiger partial charge in [-0.2, -0.15) is 0 Å². The van der Waals surface area contributed by atoms with Crippen molar-refractivity contribution in [1.82, 2.24) is 15.0 Å². The molecule has 0 aliphatic rings. The van der Waals surface area contributed by atoms with Gasteiger partial charge in [0.15, 0.2) is 0 Å². The summed E-state index contributed by atoms with van der Waals surface area (Å²) in [6.07, 6.45) is 1.92. The number of nitrogens with zero attached hydrogens (tertiary/aromatic N) is 4. The fraction of sp³-hybridized carbons (Fsp3) is 0.385. The third-order valence-corrected chi connectivity index (χ3v) is 2.86. The van der Waals surface area contributed by atoms with Crippen LogP contribution in [-0.2, 0) is 13.1 Å². The molecule has 0 bridgehead atoms. The van der Waals surface area contributed by atoms with Crippen LogP contribution in [0.2, 0.25) is 0 Å². The van der Waals surface area contributed by atoms with E-state index >= 15 is 0 Å². The van der Waals surface area contributed by atoms with Crippen molar-refractivity contribution in [2.24, 2.45) is 5.73 Å². The average Bonchev–Trinajstić information content (AvgIpc) is 2.86. The highest BCUT2D eigenvalue weighted by atomic mass is 16.5. The topological polar surface area (TPSA) is 69.2 Å². The normalized spacial score (nSPS) is 10.5. The van der Waals surface area contributed by atoms with E-state index in [0.29, 0.717) is 19.6 Å². The molecular formula is C13H19N5O. The molecule has 0 fully saturated rings. The quantitative estimate of drug-likeness (QED) is 0.836. The summed E-state index contributed by atoms with van der Waals surface area (Å²) < 4.78 is 6.90. The molecule has 0 saturated heterocycles. The van der Waals surface area contributed by atoms with E-state index < -0.39 is 0 Å². The molecule has 2 aromatic rings. The maximum absolute atomic E-state index is 5.48. The largest absolute Gasteiger partial charge is 0.497 e. The van der Waals surface area contributed by atoms with Crippen LogP contribution >= 0.6 is 0 Å². The first-order valence-corrected chi connectivity index (χ1v) is 6.17. The average molecular weight is 261 g/mol. The SMILES string of the molecule is COc1ccc(N(C)Cc2cn(CCN)nn2)cc1. The number of rotatable bonds is 6. The summed E-state index contributed by atoms with van der Waals surface area (Å²) in [5.74, 6) is 0.853. The summed E-state index contributed by atoms with van der Waals surface area (Å²) in [7, 11) is 3.68. The standard InChI is InChI=1S/C13H19N5O/c1-17(12-3-5-13(19-2)6-4-12)9-11-10-18(8-7-14)16-15-11/h3-6,10H,7-9,14H2,1-2H3. The van der Waals surface area contributed by atoms with Gasteiger partial charge < -0.3 is 15.4 Å². The zero-order chi connectivity index (χ0) is 13.7. The van der Waals surface area contributed by atoms with Gasteiger partial charge in [-0.25, -0.2) is 0 Å². The van der Waals surface area contributed by atoms with E-state index in [-0.39, 0.29) is 0 Å². The van der Waals surface area contributed by atoms with E-state index in [2.05, 4.69) is 15.2 Å². The fourth-order valence-corrected chi connectivity index (χ4v) is 1.82. The number of ether oxygens (including phenoxy) is 1. The number of hydrogen-bond donors (Lipinski definition) is 1. The summed E-state index contributed by atoms with van der Waals surface area (Å²) >= 11 is 0. The van der Waals surface area contributed by atoms with Gasteiger partial charge in [0.25, 0.3) is 0 Å². The molecule has 19 heavy (non-hydrogen) atoms. The molecule has 2 N–H and O–H groups in total. The van der Waals surface area contributed by atoms with Gasteiger partial charge in [0.2, 0.25) is 0 Å². The predicted octanol–water partition coefficient (Wildman–Crippen LogP) is 0.882. The Hall–Kier alpha value is -2.08. The molecule has 0 aliphatic heterocycles. The Kier molecular flexibility index (Phi) is 4.35. The highest BCUT2D eigenvalue weighted by Crippen LogP contribution is 2.19. The first kappa shape index (κ1) is 13.4. The molecule has 0 atom stereocenters.